The summed E-state index contributed by atoms with van der Waals surface area (Å²) >= 11 is 0.986. The molecule has 1 amide bonds. The maximum absolute atomic E-state index is 14.9. The molecule has 7 nitrogen and oxygen atoms in total. The van der Waals surface area contributed by atoms with Gasteiger partial charge >= 0.3 is 6.09 Å². The molecule has 0 heterocycles. The molecule has 0 radical (unpaired) electrons. The van der Waals surface area contributed by atoms with Crippen LogP contribution in [0.5, 0.6) is 11.5 Å². The first-order valence-corrected chi connectivity index (χ1v) is 9.52. The lowest BCUT2D eigenvalue weighted by Crippen LogP contribution is -2.16. The third-order valence-corrected chi connectivity index (χ3v) is 4.47. The van der Waals surface area contributed by atoms with Crippen LogP contribution in [0, 0.1) is 23.0 Å². The molecule has 2 aromatic carbocycles. The number of carbonyl (C=O) groups excluding carboxylic acids is 1. The van der Waals surface area contributed by atoms with Crippen LogP contribution in [0.15, 0.2) is 40.3 Å². The second-order valence-corrected chi connectivity index (χ2v) is 6.31. The molecule has 0 unspecified atom stereocenters. The predicted molar refractivity (Wildman–Crippen MR) is 110 cm³/mol. The van der Waals surface area contributed by atoms with Crippen LogP contribution in [0.25, 0.3) is 0 Å². The van der Waals surface area contributed by atoms with Crippen LogP contribution in [0.2, 0.25) is 0 Å². The number of ether oxygens (including phenoxy) is 3. The van der Waals surface area contributed by atoms with Gasteiger partial charge in [-0.3, -0.25) is 0 Å². The van der Waals surface area contributed by atoms with Crippen molar-refractivity contribution < 1.29 is 27.8 Å². The summed E-state index contributed by atoms with van der Waals surface area (Å²) in [5.74, 6) is -1.23. The summed E-state index contributed by atoms with van der Waals surface area (Å²) in [5, 5.41) is 8.89. The highest BCUT2D eigenvalue weighted by Gasteiger charge is 2.21. The monoisotopic (exact) mass is 433 g/mol. The van der Waals surface area contributed by atoms with Gasteiger partial charge in [0, 0.05) is 11.6 Å². The fraction of sp³-hybridized carbons (Fsp3) is 0.200. The number of nitrogens with zero attached hydrogens (tertiary/aromatic N) is 3. The topological polar surface area (TPSA) is 93.3 Å². The standard InChI is InChI=1S/C20H17F2N3O4S/c1-27-16-8-12(13(21)9-17(16)28-2)18(19(30-4)25-20(26)29-3)24-15-6-5-11(10-23)7-14(15)22/h5-9H,1-4H3. The van der Waals surface area contributed by atoms with E-state index in [9.17, 15) is 13.6 Å². The van der Waals surface area contributed by atoms with Gasteiger partial charge in [-0.15, -0.1) is 11.8 Å². The highest BCUT2D eigenvalue weighted by Crippen LogP contribution is 2.32. The molecule has 156 valence electrons. The van der Waals surface area contributed by atoms with Crippen molar-refractivity contribution in [3.63, 3.8) is 0 Å². The minimum absolute atomic E-state index is 0.0169. The second kappa shape index (κ2) is 10.4. The number of aliphatic imine (C=N–C) groups is 2. The van der Waals surface area contributed by atoms with Crippen molar-refractivity contribution in [2.24, 2.45) is 9.98 Å². The summed E-state index contributed by atoms with van der Waals surface area (Å²) < 4.78 is 44.2. The van der Waals surface area contributed by atoms with Crippen molar-refractivity contribution in [2.45, 2.75) is 0 Å². The van der Waals surface area contributed by atoms with Gasteiger partial charge in [0.05, 0.1) is 38.6 Å². The Labute approximate surface area is 176 Å². The lowest BCUT2D eigenvalue weighted by Gasteiger charge is -2.14. The van der Waals surface area contributed by atoms with E-state index in [0.29, 0.717) is 0 Å². The summed E-state index contributed by atoms with van der Waals surface area (Å²) in [7, 11) is 3.86. The van der Waals surface area contributed by atoms with Gasteiger partial charge < -0.3 is 14.2 Å². The molecule has 0 fully saturated rings. The molecule has 0 aliphatic heterocycles. The molecule has 0 saturated heterocycles. The Kier molecular flexibility index (Phi) is 7.89. The number of halogens is 2. The Morgan fingerprint density at radius 1 is 1.07 bits per heavy atom. The Bertz CT molecular complexity index is 1060. The zero-order valence-corrected chi connectivity index (χ0v) is 17.3. The maximum atomic E-state index is 14.9. The van der Waals surface area contributed by atoms with Gasteiger partial charge in [-0.1, -0.05) is 0 Å². The van der Waals surface area contributed by atoms with E-state index >= 15 is 0 Å². The lowest BCUT2D eigenvalue weighted by molar-refractivity contribution is 0.183. The van der Waals surface area contributed by atoms with Crippen molar-refractivity contribution >= 4 is 34.3 Å². The van der Waals surface area contributed by atoms with E-state index in [4.69, 9.17) is 14.7 Å². The second-order valence-electron chi connectivity index (χ2n) is 5.52. The highest BCUT2D eigenvalue weighted by molar-refractivity contribution is 8.15. The minimum atomic E-state index is -0.937. The van der Waals surface area contributed by atoms with Crippen molar-refractivity contribution in [1.29, 1.82) is 5.26 Å². The molecule has 0 aromatic heterocycles. The van der Waals surface area contributed by atoms with Gasteiger partial charge in [-0.25, -0.2) is 18.6 Å². The van der Waals surface area contributed by atoms with Crippen molar-refractivity contribution in [1.82, 2.24) is 0 Å². The molecular formula is C20H17F2N3O4S. The van der Waals surface area contributed by atoms with Crippen molar-refractivity contribution in [3.8, 4) is 17.6 Å². The first-order valence-electron chi connectivity index (χ1n) is 8.29. The Balaban J connectivity index is 2.80. The van der Waals surface area contributed by atoms with E-state index < -0.39 is 17.7 Å². The van der Waals surface area contributed by atoms with E-state index in [2.05, 4.69) is 14.7 Å². The summed E-state index contributed by atoms with van der Waals surface area (Å²) in [4.78, 5) is 19.7. The van der Waals surface area contributed by atoms with Crippen LogP contribution in [-0.2, 0) is 4.74 Å². The largest absolute Gasteiger partial charge is 0.493 e. The highest BCUT2D eigenvalue weighted by atomic mass is 32.2. The van der Waals surface area contributed by atoms with E-state index in [1.807, 2.05) is 6.07 Å². The van der Waals surface area contributed by atoms with Gasteiger partial charge in [0.15, 0.2) is 11.5 Å². The smallest absolute Gasteiger partial charge is 0.434 e. The number of methoxy groups -OCH3 is 3. The number of carbonyl (C=O) groups is 1. The summed E-state index contributed by atoms with van der Waals surface area (Å²) in [6.07, 6.45) is 0.652. The Hall–Kier alpha value is -3.45. The average molecular weight is 433 g/mol. The fourth-order valence-corrected chi connectivity index (χ4v) is 2.89. The zero-order chi connectivity index (χ0) is 22.3. The van der Waals surface area contributed by atoms with Gasteiger partial charge in [0.2, 0.25) is 0 Å². The minimum Gasteiger partial charge on any atom is -0.493 e. The number of nitriles is 1. The van der Waals surface area contributed by atoms with Crippen LogP contribution < -0.4 is 9.47 Å². The predicted octanol–water partition coefficient (Wildman–Crippen LogP) is 4.50. The molecule has 2 rings (SSSR count). The molecule has 10 heteroatoms. The molecule has 0 atom stereocenters. The van der Waals surface area contributed by atoms with Crippen LogP contribution in [-0.4, -0.2) is 44.4 Å². The molecule has 0 saturated carbocycles. The number of benzene rings is 2. The number of rotatable bonds is 5. The van der Waals surface area contributed by atoms with Gasteiger partial charge in [-0.2, -0.15) is 10.3 Å². The molecule has 0 spiro atoms. The molecule has 0 aliphatic rings. The molecular weight excluding hydrogens is 416 g/mol. The summed E-state index contributed by atoms with van der Waals surface area (Å²) in [6, 6.07) is 7.82. The van der Waals surface area contributed by atoms with Crippen molar-refractivity contribution in [2.75, 3.05) is 27.6 Å². The van der Waals surface area contributed by atoms with E-state index in [0.717, 1.165) is 31.0 Å². The van der Waals surface area contributed by atoms with Gasteiger partial charge in [0.1, 0.15) is 22.4 Å². The summed E-state index contributed by atoms with van der Waals surface area (Å²) in [5.41, 5.74) is -0.313. The first kappa shape index (κ1) is 22.8. The van der Waals surface area contributed by atoms with Crippen LogP contribution in [0.4, 0.5) is 19.3 Å². The number of hydrogen-bond acceptors (Lipinski definition) is 7. The molecule has 0 N–H and O–H groups in total. The van der Waals surface area contributed by atoms with Crippen LogP contribution >= 0.6 is 11.8 Å². The molecule has 2 aromatic rings. The quantitative estimate of drug-likeness (QED) is 0.509. The van der Waals surface area contributed by atoms with Gasteiger partial charge in [0.25, 0.3) is 0 Å². The third-order valence-electron chi connectivity index (χ3n) is 3.80. The fourth-order valence-electron chi connectivity index (χ4n) is 2.37. The first-order chi connectivity index (χ1) is 14.4. The van der Waals surface area contributed by atoms with Crippen LogP contribution in [0.1, 0.15) is 11.1 Å². The Morgan fingerprint density at radius 3 is 2.27 bits per heavy atom. The number of hydrogen-bond donors (Lipinski definition) is 0. The lowest BCUT2D eigenvalue weighted by atomic mass is 10.1. The van der Waals surface area contributed by atoms with Crippen molar-refractivity contribution in [3.05, 3.63) is 53.1 Å². The maximum Gasteiger partial charge on any atom is 0.434 e. The Morgan fingerprint density at radius 2 is 1.73 bits per heavy atom. The number of thioether (sulfide) groups is 1. The zero-order valence-electron chi connectivity index (χ0n) is 16.5. The summed E-state index contributed by atoms with van der Waals surface area (Å²) in [6.45, 7) is 0. The normalized spacial score (nSPS) is 11.6. The third kappa shape index (κ3) is 5.12. The SMILES string of the molecule is COC(=O)N=C(SC)C(=Nc1ccc(C#N)cc1F)c1cc(OC)c(OC)cc1F. The van der Waals surface area contributed by atoms with Gasteiger partial charge in [-0.05, 0) is 30.5 Å². The van der Waals surface area contributed by atoms with E-state index in [1.165, 1.54) is 32.4 Å². The molecule has 0 aliphatic carbocycles. The number of amides is 1. The molecule has 30 heavy (non-hydrogen) atoms. The van der Waals surface area contributed by atoms with E-state index in [-0.39, 0.29) is 39.1 Å². The van der Waals surface area contributed by atoms with Crippen LogP contribution in [0.3, 0.4) is 0 Å². The average Bonchev–Trinajstić information content (AvgIpc) is 2.76. The molecule has 0 bridgehead atoms. The van der Waals surface area contributed by atoms with E-state index in [1.54, 1.807) is 6.26 Å².